The second kappa shape index (κ2) is 9.01. The monoisotopic (exact) mass is 254 g/mol. The number of carbonyl (C=O) groups is 1. The number of esters is 1. The van der Waals surface area contributed by atoms with E-state index in [-0.39, 0.29) is 11.9 Å². The third-order valence-electron chi connectivity index (χ3n) is 3.71. The predicted octanol–water partition coefficient (Wildman–Crippen LogP) is 3.69. The van der Waals surface area contributed by atoms with Gasteiger partial charge in [-0.1, -0.05) is 32.8 Å². The normalized spacial score (nSPS) is 23.4. The summed E-state index contributed by atoms with van der Waals surface area (Å²) in [7, 11) is 0. The summed E-state index contributed by atoms with van der Waals surface area (Å²) in [5.41, 5.74) is 0. The van der Waals surface area contributed by atoms with Crippen molar-refractivity contribution in [2.24, 2.45) is 11.8 Å². The van der Waals surface area contributed by atoms with Gasteiger partial charge in [0.25, 0.3) is 0 Å². The predicted molar refractivity (Wildman–Crippen MR) is 72.1 cm³/mol. The van der Waals surface area contributed by atoms with E-state index in [1.807, 2.05) is 0 Å². The van der Waals surface area contributed by atoms with Crippen molar-refractivity contribution >= 4 is 5.97 Å². The van der Waals surface area contributed by atoms with Crippen LogP contribution in [0.5, 0.6) is 0 Å². The lowest BCUT2D eigenvalue weighted by atomic mass is 9.80. The second-order valence-corrected chi connectivity index (χ2v) is 5.06. The van der Waals surface area contributed by atoms with Crippen LogP contribution in [0, 0.1) is 11.8 Å². The van der Waals surface area contributed by atoms with E-state index in [1.54, 1.807) is 0 Å². The zero-order valence-electron chi connectivity index (χ0n) is 11.5. The van der Waals surface area contributed by atoms with Crippen LogP contribution in [0.15, 0.2) is 12.8 Å². The third-order valence-corrected chi connectivity index (χ3v) is 3.71. The highest BCUT2D eigenvalue weighted by molar-refractivity contribution is 5.72. The van der Waals surface area contributed by atoms with Crippen molar-refractivity contribution in [3.05, 3.63) is 12.8 Å². The first kappa shape index (κ1) is 15.1. The molecule has 0 radical (unpaired) electrons. The molecule has 1 rings (SSSR count). The highest BCUT2D eigenvalue weighted by atomic mass is 16.6. The van der Waals surface area contributed by atoms with Crippen molar-refractivity contribution in [3.63, 3.8) is 0 Å². The molecule has 0 N–H and O–H groups in total. The number of ether oxygens (including phenoxy) is 2. The summed E-state index contributed by atoms with van der Waals surface area (Å²) in [6.45, 7) is 6.41. The Kier molecular flexibility index (Phi) is 7.54. The molecule has 0 unspecified atom stereocenters. The van der Waals surface area contributed by atoms with Gasteiger partial charge in [0.15, 0.2) is 0 Å². The zero-order valence-corrected chi connectivity index (χ0v) is 11.5. The van der Waals surface area contributed by atoms with E-state index in [0.29, 0.717) is 13.2 Å². The van der Waals surface area contributed by atoms with Crippen LogP contribution in [-0.2, 0) is 14.3 Å². The molecule has 0 saturated heterocycles. The lowest BCUT2D eigenvalue weighted by Crippen LogP contribution is -2.24. The summed E-state index contributed by atoms with van der Waals surface area (Å²) in [6, 6.07) is 0. The first-order valence-electron chi connectivity index (χ1n) is 7.17. The van der Waals surface area contributed by atoms with Crippen molar-refractivity contribution in [1.29, 1.82) is 0 Å². The van der Waals surface area contributed by atoms with Crippen LogP contribution in [-0.4, -0.2) is 19.2 Å². The molecule has 3 nitrogen and oxygen atoms in total. The molecule has 0 atom stereocenters. The van der Waals surface area contributed by atoms with Crippen LogP contribution in [0.4, 0.5) is 0 Å². The van der Waals surface area contributed by atoms with Crippen molar-refractivity contribution < 1.29 is 14.3 Å². The van der Waals surface area contributed by atoms with Gasteiger partial charge in [-0.05, 0) is 31.6 Å². The molecule has 1 aliphatic carbocycles. The van der Waals surface area contributed by atoms with Gasteiger partial charge in [0.2, 0.25) is 0 Å². The minimum absolute atomic E-state index is 0.0448. The van der Waals surface area contributed by atoms with Crippen LogP contribution in [0.1, 0.15) is 51.9 Å². The van der Waals surface area contributed by atoms with Crippen molar-refractivity contribution in [2.75, 3.05) is 13.2 Å². The van der Waals surface area contributed by atoms with Crippen molar-refractivity contribution in [1.82, 2.24) is 0 Å². The Hall–Kier alpha value is -0.990. The quantitative estimate of drug-likeness (QED) is 0.376. The van der Waals surface area contributed by atoms with E-state index in [1.165, 1.54) is 38.4 Å². The Bertz CT molecular complexity index is 242. The average Bonchev–Trinajstić information content (AvgIpc) is 2.41. The molecule has 0 aliphatic heterocycles. The maximum Gasteiger partial charge on any atom is 0.309 e. The lowest BCUT2D eigenvalue weighted by molar-refractivity contribution is -0.151. The van der Waals surface area contributed by atoms with E-state index in [2.05, 4.69) is 13.5 Å². The topological polar surface area (TPSA) is 35.5 Å². The molecule has 0 aromatic rings. The summed E-state index contributed by atoms with van der Waals surface area (Å²) < 4.78 is 10.1. The van der Waals surface area contributed by atoms with Crippen LogP contribution in [0.25, 0.3) is 0 Å². The highest BCUT2D eigenvalue weighted by Gasteiger charge is 2.26. The van der Waals surface area contributed by atoms with E-state index < -0.39 is 0 Å². The van der Waals surface area contributed by atoms with Gasteiger partial charge in [0, 0.05) is 0 Å². The molecule has 0 bridgehead atoms. The molecule has 104 valence electrons. The fourth-order valence-electron chi connectivity index (χ4n) is 2.57. The van der Waals surface area contributed by atoms with E-state index in [0.717, 1.165) is 18.8 Å². The average molecular weight is 254 g/mol. The van der Waals surface area contributed by atoms with Gasteiger partial charge < -0.3 is 9.47 Å². The molecule has 18 heavy (non-hydrogen) atoms. The summed E-state index contributed by atoms with van der Waals surface area (Å²) in [5.74, 6) is 0.904. The zero-order chi connectivity index (χ0) is 13.2. The van der Waals surface area contributed by atoms with Gasteiger partial charge in [0.1, 0.15) is 13.2 Å². The maximum atomic E-state index is 11.8. The standard InChI is InChI=1S/C15H26O3/c1-3-5-6-13-7-9-14(10-8-13)15(16)18-12-11-17-4-2/h4,13-14H,2-3,5-12H2,1H3. The molecule has 1 saturated carbocycles. The highest BCUT2D eigenvalue weighted by Crippen LogP contribution is 2.32. The fraction of sp³-hybridized carbons (Fsp3) is 0.800. The van der Waals surface area contributed by atoms with Crippen LogP contribution in [0.2, 0.25) is 0 Å². The van der Waals surface area contributed by atoms with E-state index in [4.69, 9.17) is 9.47 Å². The number of unbranched alkanes of at least 4 members (excludes halogenated alkanes) is 1. The molecule has 1 aliphatic rings. The molecule has 0 heterocycles. The van der Waals surface area contributed by atoms with Gasteiger partial charge in [-0.25, -0.2) is 0 Å². The number of hydrogen-bond acceptors (Lipinski definition) is 3. The Morgan fingerprint density at radius 3 is 2.61 bits per heavy atom. The van der Waals surface area contributed by atoms with Gasteiger partial charge in [-0.2, -0.15) is 0 Å². The molecule has 0 amide bonds. The number of carbonyl (C=O) groups excluding carboxylic acids is 1. The smallest absolute Gasteiger partial charge is 0.309 e. The van der Waals surface area contributed by atoms with E-state index >= 15 is 0 Å². The lowest BCUT2D eigenvalue weighted by Gasteiger charge is -2.27. The Labute approximate surface area is 111 Å². The molecule has 1 fully saturated rings. The Morgan fingerprint density at radius 1 is 1.28 bits per heavy atom. The number of hydrogen-bond donors (Lipinski definition) is 0. The van der Waals surface area contributed by atoms with Crippen LogP contribution >= 0.6 is 0 Å². The van der Waals surface area contributed by atoms with Crippen LogP contribution < -0.4 is 0 Å². The van der Waals surface area contributed by atoms with Gasteiger partial charge in [-0.15, -0.1) is 0 Å². The molecule has 0 aromatic carbocycles. The first-order valence-corrected chi connectivity index (χ1v) is 7.17. The molecule has 3 heteroatoms. The summed E-state index contributed by atoms with van der Waals surface area (Å²) >= 11 is 0. The molecule has 0 aromatic heterocycles. The Morgan fingerprint density at radius 2 is 2.00 bits per heavy atom. The Balaban J connectivity index is 2.13. The fourth-order valence-corrected chi connectivity index (χ4v) is 2.57. The van der Waals surface area contributed by atoms with Gasteiger partial charge >= 0.3 is 5.97 Å². The third kappa shape index (κ3) is 5.56. The number of rotatable bonds is 8. The molecular formula is C15H26O3. The van der Waals surface area contributed by atoms with Gasteiger partial charge in [0.05, 0.1) is 12.2 Å². The van der Waals surface area contributed by atoms with E-state index in [9.17, 15) is 4.79 Å². The van der Waals surface area contributed by atoms with Crippen molar-refractivity contribution in [3.8, 4) is 0 Å². The largest absolute Gasteiger partial charge is 0.498 e. The summed E-state index contributed by atoms with van der Waals surface area (Å²) in [6.07, 6.45) is 9.64. The van der Waals surface area contributed by atoms with Gasteiger partial charge in [-0.3, -0.25) is 4.79 Å². The maximum absolute atomic E-state index is 11.8. The minimum atomic E-state index is -0.0448. The summed E-state index contributed by atoms with van der Waals surface area (Å²) in [4.78, 5) is 11.8. The SMILES string of the molecule is C=COCCOC(=O)C1CCC(CCCC)CC1. The second-order valence-electron chi connectivity index (χ2n) is 5.06. The first-order chi connectivity index (χ1) is 8.77. The summed E-state index contributed by atoms with van der Waals surface area (Å²) in [5, 5.41) is 0. The molecule has 0 spiro atoms. The molecular weight excluding hydrogens is 228 g/mol. The van der Waals surface area contributed by atoms with Crippen molar-refractivity contribution in [2.45, 2.75) is 51.9 Å². The van der Waals surface area contributed by atoms with Crippen LogP contribution in [0.3, 0.4) is 0 Å². The minimum Gasteiger partial charge on any atom is -0.498 e.